The topological polar surface area (TPSA) is 79.0 Å². The summed E-state index contributed by atoms with van der Waals surface area (Å²) in [5, 5.41) is 2.89. The van der Waals surface area contributed by atoms with E-state index in [1.807, 2.05) is 44.2 Å². The van der Waals surface area contributed by atoms with Crippen molar-refractivity contribution >= 4 is 33.0 Å². The predicted octanol–water partition coefficient (Wildman–Crippen LogP) is 4.29. The monoisotopic (exact) mass is 485 g/mol. The molecular formula is C26H35N3O4S. The summed E-state index contributed by atoms with van der Waals surface area (Å²) in [6.07, 6.45) is 2.84. The maximum atomic E-state index is 13.8. The Kier molecular flexibility index (Phi) is 7.48. The molecule has 184 valence electrons. The smallest absolute Gasteiger partial charge is 0.264 e. The maximum Gasteiger partial charge on any atom is 0.264 e. The van der Waals surface area contributed by atoms with Crippen LogP contribution in [0.3, 0.4) is 0 Å². The van der Waals surface area contributed by atoms with Crippen LogP contribution in [0.1, 0.15) is 39.2 Å². The molecule has 2 aromatic carbocycles. The van der Waals surface area contributed by atoms with Gasteiger partial charge < -0.3 is 15.0 Å². The van der Waals surface area contributed by atoms with Gasteiger partial charge in [-0.25, -0.2) is 8.42 Å². The molecule has 2 heterocycles. The summed E-state index contributed by atoms with van der Waals surface area (Å²) in [7, 11) is -3.82. The molecule has 0 atom stereocenters. The maximum absolute atomic E-state index is 13.8. The second-order valence-electron chi connectivity index (χ2n) is 9.61. The minimum Gasteiger partial charge on any atom is -0.381 e. The highest BCUT2D eigenvalue weighted by atomic mass is 32.2. The first-order valence-electron chi connectivity index (χ1n) is 12.2. The average Bonchev–Trinajstić information content (AvgIpc) is 2.82. The molecule has 34 heavy (non-hydrogen) atoms. The van der Waals surface area contributed by atoms with E-state index in [0.29, 0.717) is 23.8 Å². The van der Waals surface area contributed by atoms with Crippen LogP contribution >= 0.6 is 0 Å². The van der Waals surface area contributed by atoms with Crippen molar-refractivity contribution in [3.63, 3.8) is 0 Å². The van der Waals surface area contributed by atoms with Crippen LogP contribution in [-0.4, -0.2) is 47.2 Å². The Morgan fingerprint density at radius 3 is 2.47 bits per heavy atom. The van der Waals surface area contributed by atoms with Crippen LogP contribution in [-0.2, 0) is 26.0 Å². The standard InChI is InChI=1S/C26H35N3O4S/c1-4-20-5-7-22(8-6-20)29(16-19(2)3)34(31,32)23-9-10-25-24(15-23)27-26(30)18-28(25)17-21-11-13-33-14-12-21/h5-10,15,19,21H,4,11-14,16-18H2,1-3H3,(H,27,30). The van der Waals surface area contributed by atoms with E-state index >= 15 is 0 Å². The summed E-state index contributed by atoms with van der Waals surface area (Å²) in [6.45, 7) is 8.99. The molecule has 0 saturated carbocycles. The van der Waals surface area contributed by atoms with Gasteiger partial charge in [-0.2, -0.15) is 0 Å². The molecule has 2 aliphatic heterocycles. The molecule has 0 aromatic heterocycles. The van der Waals surface area contributed by atoms with Gasteiger partial charge in [-0.05, 0) is 67.0 Å². The summed E-state index contributed by atoms with van der Waals surface area (Å²) < 4.78 is 34.5. The molecule has 2 aromatic rings. The van der Waals surface area contributed by atoms with E-state index in [9.17, 15) is 13.2 Å². The van der Waals surface area contributed by atoms with Gasteiger partial charge in [0.15, 0.2) is 0 Å². The third-order valence-electron chi connectivity index (χ3n) is 6.49. The lowest BCUT2D eigenvalue weighted by molar-refractivity contribution is -0.115. The normalized spacial score (nSPS) is 16.9. The Labute approximate surface area is 203 Å². The molecule has 0 aliphatic carbocycles. The van der Waals surface area contributed by atoms with Crippen molar-refractivity contribution in [1.82, 2.24) is 0 Å². The molecule has 0 unspecified atom stereocenters. The largest absolute Gasteiger partial charge is 0.381 e. The van der Waals surface area contributed by atoms with Crippen LogP contribution in [0.25, 0.3) is 0 Å². The van der Waals surface area contributed by atoms with Crippen LogP contribution in [0.15, 0.2) is 47.4 Å². The molecule has 1 N–H and O–H groups in total. The predicted molar refractivity (Wildman–Crippen MR) is 136 cm³/mol. The number of sulfonamides is 1. The number of ether oxygens (including phenoxy) is 1. The summed E-state index contributed by atoms with van der Waals surface area (Å²) in [5.41, 5.74) is 3.23. The molecule has 0 radical (unpaired) electrons. The highest BCUT2D eigenvalue weighted by Gasteiger charge is 2.30. The minimum atomic E-state index is -3.82. The van der Waals surface area contributed by atoms with E-state index in [1.165, 1.54) is 4.31 Å². The zero-order valence-corrected chi connectivity index (χ0v) is 21.1. The lowest BCUT2D eigenvalue weighted by atomic mass is 9.99. The van der Waals surface area contributed by atoms with Crippen molar-refractivity contribution < 1.29 is 17.9 Å². The SMILES string of the molecule is CCc1ccc(N(CC(C)C)S(=O)(=O)c2ccc3c(c2)NC(=O)CN3CC2CCOCC2)cc1. The molecule has 4 rings (SSSR count). The Morgan fingerprint density at radius 2 is 1.82 bits per heavy atom. The molecule has 8 heteroatoms. The third-order valence-corrected chi connectivity index (χ3v) is 8.28. The van der Waals surface area contributed by atoms with Crippen molar-refractivity contribution in [2.75, 3.05) is 47.4 Å². The summed E-state index contributed by atoms with van der Waals surface area (Å²) in [4.78, 5) is 14.7. The number of hydrogen-bond donors (Lipinski definition) is 1. The van der Waals surface area contributed by atoms with Crippen LogP contribution < -0.4 is 14.5 Å². The van der Waals surface area contributed by atoms with E-state index in [-0.39, 0.29) is 23.3 Å². The average molecular weight is 486 g/mol. The second-order valence-corrected chi connectivity index (χ2v) is 11.5. The van der Waals surface area contributed by atoms with Crippen LogP contribution in [0.4, 0.5) is 17.1 Å². The fraction of sp³-hybridized carbons (Fsp3) is 0.500. The van der Waals surface area contributed by atoms with Crippen molar-refractivity contribution in [1.29, 1.82) is 0 Å². The Bertz CT molecular complexity index is 1110. The van der Waals surface area contributed by atoms with E-state index in [4.69, 9.17) is 4.74 Å². The van der Waals surface area contributed by atoms with Gasteiger partial charge in [-0.15, -0.1) is 0 Å². The van der Waals surface area contributed by atoms with Gasteiger partial charge in [0.1, 0.15) is 0 Å². The number of nitrogens with zero attached hydrogens (tertiary/aromatic N) is 2. The molecule has 1 saturated heterocycles. The van der Waals surface area contributed by atoms with Crippen LogP contribution in [0, 0.1) is 11.8 Å². The first-order valence-corrected chi connectivity index (χ1v) is 13.6. The molecule has 1 amide bonds. The molecular weight excluding hydrogens is 450 g/mol. The van der Waals surface area contributed by atoms with Crippen molar-refractivity contribution in [2.24, 2.45) is 11.8 Å². The number of carbonyl (C=O) groups excluding carboxylic acids is 1. The van der Waals surface area contributed by atoms with Gasteiger partial charge in [0.25, 0.3) is 10.0 Å². The molecule has 1 fully saturated rings. The Hall–Kier alpha value is -2.58. The van der Waals surface area contributed by atoms with Crippen LogP contribution in [0.2, 0.25) is 0 Å². The number of benzene rings is 2. The summed E-state index contributed by atoms with van der Waals surface area (Å²) >= 11 is 0. The molecule has 0 spiro atoms. The number of carbonyl (C=O) groups is 1. The third kappa shape index (κ3) is 5.39. The quantitative estimate of drug-likeness (QED) is 0.604. The van der Waals surface area contributed by atoms with Gasteiger partial charge in [-0.3, -0.25) is 9.10 Å². The first-order chi connectivity index (χ1) is 16.3. The fourth-order valence-electron chi connectivity index (χ4n) is 4.60. The minimum absolute atomic E-state index is 0.122. The highest BCUT2D eigenvalue weighted by molar-refractivity contribution is 7.92. The number of hydrogen-bond acceptors (Lipinski definition) is 5. The van der Waals surface area contributed by atoms with E-state index in [0.717, 1.165) is 50.3 Å². The number of fused-ring (bicyclic) bond motifs is 1. The van der Waals surface area contributed by atoms with Gasteiger partial charge in [0.2, 0.25) is 5.91 Å². The summed E-state index contributed by atoms with van der Waals surface area (Å²) in [6, 6.07) is 12.8. The van der Waals surface area contributed by atoms with Gasteiger partial charge >= 0.3 is 0 Å². The highest BCUT2D eigenvalue weighted by Crippen LogP contribution is 2.35. The number of nitrogens with one attached hydrogen (secondary N) is 1. The Balaban J connectivity index is 1.65. The van der Waals surface area contributed by atoms with Crippen LogP contribution in [0.5, 0.6) is 0 Å². The van der Waals surface area contributed by atoms with Gasteiger partial charge in [0, 0.05) is 26.3 Å². The van der Waals surface area contributed by atoms with Crippen molar-refractivity contribution in [2.45, 2.75) is 44.9 Å². The zero-order chi connectivity index (χ0) is 24.3. The number of amides is 1. The van der Waals surface area contributed by atoms with Crippen molar-refractivity contribution in [3.05, 3.63) is 48.0 Å². The second kappa shape index (κ2) is 10.4. The molecule has 2 aliphatic rings. The first kappa shape index (κ1) is 24.5. The zero-order valence-electron chi connectivity index (χ0n) is 20.3. The van der Waals surface area contributed by atoms with E-state index in [1.54, 1.807) is 12.1 Å². The number of rotatable bonds is 8. The van der Waals surface area contributed by atoms with Gasteiger partial charge in [-0.1, -0.05) is 32.9 Å². The van der Waals surface area contributed by atoms with Crippen molar-refractivity contribution in [3.8, 4) is 0 Å². The lowest BCUT2D eigenvalue weighted by Gasteiger charge is -2.35. The Morgan fingerprint density at radius 1 is 1.12 bits per heavy atom. The number of aryl methyl sites for hydroxylation is 1. The molecule has 7 nitrogen and oxygen atoms in total. The number of anilines is 3. The van der Waals surface area contributed by atoms with E-state index in [2.05, 4.69) is 17.1 Å². The van der Waals surface area contributed by atoms with Gasteiger partial charge in [0.05, 0.1) is 28.5 Å². The fourth-order valence-corrected chi connectivity index (χ4v) is 6.26. The summed E-state index contributed by atoms with van der Waals surface area (Å²) in [5.74, 6) is 0.486. The van der Waals surface area contributed by atoms with E-state index < -0.39 is 10.0 Å². The lowest BCUT2D eigenvalue weighted by Crippen LogP contribution is -2.42. The molecule has 0 bridgehead atoms.